The number of amides is 1. The Kier molecular flexibility index (Phi) is 6.74. The molecule has 0 aliphatic carbocycles. The molecule has 2 aromatic carbocycles. The molecule has 0 spiro atoms. The van der Waals surface area contributed by atoms with Crippen LogP contribution in [0.1, 0.15) is 24.9 Å². The molecule has 1 atom stereocenters. The first-order chi connectivity index (χ1) is 11.7. The molecular formula is C17H16Cl3NO3S. The Bertz CT molecular complexity index is 867. The molecule has 1 unspecified atom stereocenters. The Balaban J connectivity index is 1.97. The standard InChI is InChI=1S/C17H16Cl3NO3S/c1-11(15-7-4-13(19)10-16(15)20)21-17(22)8-9-25(23,24)14-5-2-12(18)3-6-14/h2-7,10-11H,8-9H2,1H3,(H,21,22). The van der Waals surface area contributed by atoms with Crippen molar-refractivity contribution in [3.8, 4) is 0 Å². The molecule has 1 N–H and O–H groups in total. The SMILES string of the molecule is CC(NC(=O)CCS(=O)(=O)c1ccc(Cl)cc1)c1ccc(Cl)cc1Cl. The first-order valence-corrected chi connectivity index (χ1v) is 10.2. The number of benzene rings is 2. The second kappa shape index (κ2) is 8.41. The maximum Gasteiger partial charge on any atom is 0.221 e. The predicted octanol–water partition coefficient (Wildman–Crippen LogP) is 4.69. The highest BCUT2D eigenvalue weighted by Gasteiger charge is 2.18. The van der Waals surface area contributed by atoms with Gasteiger partial charge in [-0.25, -0.2) is 8.42 Å². The van der Waals surface area contributed by atoms with Crippen molar-refractivity contribution in [2.24, 2.45) is 0 Å². The monoisotopic (exact) mass is 419 g/mol. The number of carbonyl (C=O) groups is 1. The van der Waals surface area contributed by atoms with Crippen LogP contribution in [0.15, 0.2) is 47.4 Å². The van der Waals surface area contributed by atoms with E-state index in [1.54, 1.807) is 25.1 Å². The molecule has 0 radical (unpaired) electrons. The lowest BCUT2D eigenvalue weighted by Crippen LogP contribution is -2.28. The molecule has 8 heteroatoms. The van der Waals surface area contributed by atoms with Crippen molar-refractivity contribution in [1.82, 2.24) is 5.32 Å². The van der Waals surface area contributed by atoms with Crippen molar-refractivity contribution in [2.75, 3.05) is 5.75 Å². The lowest BCUT2D eigenvalue weighted by atomic mass is 10.1. The highest BCUT2D eigenvalue weighted by molar-refractivity contribution is 7.91. The van der Waals surface area contributed by atoms with Gasteiger partial charge in [0.15, 0.2) is 9.84 Å². The van der Waals surface area contributed by atoms with Gasteiger partial charge in [-0.15, -0.1) is 0 Å². The summed E-state index contributed by atoms with van der Waals surface area (Å²) < 4.78 is 24.5. The number of nitrogens with one attached hydrogen (secondary N) is 1. The van der Waals surface area contributed by atoms with Gasteiger partial charge in [-0.05, 0) is 48.9 Å². The Morgan fingerprint density at radius 1 is 1.04 bits per heavy atom. The van der Waals surface area contributed by atoms with Crippen LogP contribution in [0.5, 0.6) is 0 Å². The van der Waals surface area contributed by atoms with Crippen LogP contribution in [0.3, 0.4) is 0 Å². The van der Waals surface area contributed by atoms with Gasteiger partial charge in [0.1, 0.15) is 0 Å². The summed E-state index contributed by atoms with van der Waals surface area (Å²) in [6.07, 6.45) is -0.152. The van der Waals surface area contributed by atoms with Crippen molar-refractivity contribution in [3.63, 3.8) is 0 Å². The molecule has 1 amide bonds. The zero-order valence-electron chi connectivity index (χ0n) is 13.3. The number of rotatable bonds is 6. The first-order valence-electron chi connectivity index (χ1n) is 7.41. The topological polar surface area (TPSA) is 63.2 Å². The Morgan fingerprint density at radius 2 is 1.64 bits per heavy atom. The molecule has 0 heterocycles. The van der Waals surface area contributed by atoms with Gasteiger partial charge in [0, 0.05) is 21.5 Å². The summed E-state index contributed by atoms with van der Waals surface area (Å²) in [4.78, 5) is 12.2. The molecule has 0 fully saturated rings. The van der Waals surface area contributed by atoms with Crippen molar-refractivity contribution in [1.29, 1.82) is 0 Å². The molecule has 2 aromatic rings. The third-order valence-electron chi connectivity index (χ3n) is 3.58. The van der Waals surface area contributed by atoms with E-state index in [-0.39, 0.29) is 29.0 Å². The zero-order valence-corrected chi connectivity index (χ0v) is 16.4. The third-order valence-corrected chi connectivity index (χ3v) is 6.12. The van der Waals surface area contributed by atoms with E-state index in [2.05, 4.69) is 5.32 Å². The average Bonchev–Trinajstić information content (AvgIpc) is 2.53. The van der Waals surface area contributed by atoms with E-state index in [0.717, 1.165) is 0 Å². The Hall–Kier alpha value is -1.27. The van der Waals surface area contributed by atoms with Crippen molar-refractivity contribution < 1.29 is 13.2 Å². The molecule has 25 heavy (non-hydrogen) atoms. The van der Waals surface area contributed by atoms with Gasteiger partial charge in [0.25, 0.3) is 0 Å². The Morgan fingerprint density at radius 3 is 2.24 bits per heavy atom. The third kappa shape index (κ3) is 5.61. The van der Waals surface area contributed by atoms with E-state index in [4.69, 9.17) is 34.8 Å². The van der Waals surface area contributed by atoms with Crippen LogP contribution in [0.25, 0.3) is 0 Å². The van der Waals surface area contributed by atoms with E-state index in [1.807, 2.05) is 0 Å². The Labute approximate surface area is 162 Å². The molecule has 4 nitrogen and oxygen atoms in total. The van der Waals surface area contributed by atoms with E-state index < -0.39 is 9.84 Å². The number of sulfone groups is 1. The van der Waals surface area contributed by atoms with E-state index >= 15 is 0 Å². The second-order valence-corrected chi connectivity index (χ2v) is 8.87. The molecule has 0 saturated carbocycles. The zero-order chi connectivity index (χ0) is 18.6. The van der Waals surface area contributed by atoms with E-state index in [1.165, 1.54) is 24.3 Å². The predicted molar refractivity (Wildman–Crippen MR) is 101 cm³/mol. The maximum absolute atomic E-state index is 12.2. The second-order valence-electron chi connectivity index (χ2n) is 5.48. The molecule has 0 aliphatic heterocycles. The largest absolute Gasteiger partial charge is 0.350 e. The summed E-state index contributed by atoms with van der Waals surface area (Å²) in [5.74, 6) is -0.669. The molecule has 134 valence electrons. The van der Waals surface area contributed by atoms with Crippen molar-refractivity contribution in [3.05, 3.63) is 63.1 Å². The molecule has 0 aromatic heterocycles. The van der Waals surface area contributed by atoms with E-state index in [9.17, 15) is 13.2 Å². The van der Waals surface area contributed by atoms with Crippen LogP contribution in [-0.4, -0.2) is 20.1 Å². The molecule has 2 rings (SSSR count). The summed E-state index contributed by atoms with van der Waals surface area (Å²) in [6.45, 7) is 1.76. The fourth-order valence-corrected chi connectivity index (χ4v) is 4.17. The lowest BCUT2D eigenvalue weighted by molar-refractivity contribution is -0.121. The lowest BCUT2D eigenvalue weighted by Gasteiger charge is -2.16. The van der Waals surface area contributed by atoms with Crippen LogP contribution in [0.2, 0.25) is 15.1 Å². The highest BCUT2D eigenvalue weighted by atomic mass is 35.5. The molecule has 0 aliphatic rings. The number of hydrogen-bond acceptors (Lipinski definition) is 3. The minimum absolute atomic E-state index is 0.137. The summed E-state index contributed by atoms with van der Waals surface area (Å²) in [7, 11) is -3.55. The van der Waals surface area contributed by atoms with Crippen LogP contribution in [0, 0.1) is 0 Å². The number of hydrogen-bond donors (Lipinski definition) is 1. The molecular weight excluding hydrogens is 405 g/mol. The summed E-state index contributed by atoms with van der Waals surface area (Å²) in [5, 5.41) is 4.13. The minimum Gasteiger partial charge on any atom is -0.350 e. The molecule has 0 bridgehead atoms. The van der Waals surface area contributed by atoms with Crippen molar-refractivity contribution >= 4 is 50.5 Å². The first kappa shape index (κ1) is 20.0. The fraction of sp³-hybridized carbons (Fsp3) is 0.235. The normalized spacial score (nSPS) is 12.6. The smallest absolute Gasteiger partial charge is 0.221 e. The maximum atomic E-state index is 12.2. The van der Waals surface area contributed by atoms with Gasteiger partial charge in [0.2, 0.25) is 5.91 Å². The van der Waals surface area contributed by atoms with Gasteiger partial charge in [-0.3, -0.25) is 4.79 Å². The highest BCUT2D eigenvalue weighted by Crippen LogP contribution is 2.26. The molecule has 0 saturated heterocycles. The van der Waals surface area contributed by atoms with Crippen LogP contribution >= 0.6 is 34.8 Å². The number of carbonyl (C=O) groups excluding carboxylic acids is 1. The van der Waals surface area contributed by atoms with Gasteiger partial charge in [0.05, 0.1) is 16.7 Å². The van der Waals surface area contributed by atoms with Gasteiger partial charge in [-0.1, -0.05) is 40.9 Å². The number of halogens is 3. The summed E-state index contributed by atoms with van der Waals surface area (Å²) in [5.41, 5.74) is 0.708. The average molecular weight is 421 g/mol. The van der Waals surface area contributed by atoms with Crippen LogP contribution in [-0.2, 0) is 14.6 Å². The summed E-state index contributed by atoms with van der Waals surface area (Å²) in [6, 6.07) is 10.5. The van der Waals surface area contributed by atoms with Crippen LogP contribution in [0.4, 0.5) is 0 Å². The van der Waals surface area contributed by atoms with Gasteiger partial charge >= 0.3 is 0 Å². The quantitative estimate of drug-likeness (QED) is 0.737. The van der Waals surface area contributed by atoms with Crippen LogP contribution < -0.4 is 5.32 Å². The fourth-order valence-electron chi connectivity index (χ4n) is 2.23. The van der Waals surface area contributed by atoms with E-state index in [0.29, 0.717) is 20.6 Å². The van der Waals surface area contributed by atoms with Crippen molar-refractivity contribution in [2.45, 2.75) is 24.3 Å². The minimum atomic E-state index is -3.55. The van der Waals surface area contributed by atoms with Gasteiger partial charge in [-0.2, -0.15) is 0 Å². The van der Waals surface area contributed by atoms with Gasteiger partial charge < -0.3 is 5.32 Å². The summed E-state index contributed by atoms with van der Waals surface area (Å²) >= 11 is 17.7.